The lowest BCUT2D eigenvalue weighted by Gasteiger charge is -2.21. The first kappa shape index (κ1) is 15.0. The van der Waals surface area contributed by atoms with E-state index >= 15 is 0 Å². The first-order valence-electron chi connectivity index (χ1n) is 6.66. The molecule has 2 amide bonds. The molecular formula is C14H18N2O5. The summed E-state index contributed by atoms with van der Waals surface area (Å²) in [6.07, 6.45) is 0.744. The molecule has 0 unspecified atom stereocenters. The maximum atomic E-state index is 12.1. The van der Waals surface area contributed by atoms with Gasteiger partial charge in [-0.05, 0) is 18.6 Å². The molecule has 0 aromatic heterocycles. The quantitative estimate of drug-likeness (QED) is 0.743. The van der Waals surface area contributed by atoms with E-state index in [1.807, 2.05) is 0 Å². The van der Waals surface area contributed by atoms with Crippen LogP contribution in [0.4, 0.5) is 0 Å². The SMILES string of the molecule is COc1cc(C(=O)NCCCC(N)=O)cc2c1OCCO2. The third-order valence-electron chi connectivity index (χ3n) is 2.98. The van der Waals surface area contributed by atoms with Gasteiger partial charge in [0, 0.05) is 18.5 Å². The number of methoxy groups -OCH3 is 1. The van der Waals surface area contributed by atoms with Crippen LogP contribution in [-0.2, 0) is 4.79 Å². The summed E-state index contributed by atoms with van der Waals surface area (Å²) in [5.41, 5.74) is 5.45. The van der Waals surface area contributed by atoms with Crippen molar-refractivity contribution in [3.8, 4) is 17.2 Å². The number of fused-ring (bicyclic) bond motifs is 1. The maximum absolute atomic E-state index is 12.1. The molecule has 7 heteroatoms. The van der Waals surface area contributed by atoms with Crippen LogP contribution in [0.5, 0.6) is 17.2 Å². The van der Waals surface area contributed by atoms with E-state index < -0.39 is 0 Å². The normalized spacial score (nSPS) is 12.6. The fourth-order valence-electron chi connectivity index (χ4n) is 1.97. The average Bonchev–Trinajstić information content (AvgIpc) is 2.50. The van der Waals surface area contributed by atoms with E-state index in [1.165, 1.54) is 7.11 Å². The largest absolute Gasteiger partial charge is 0.493 e. The first-order chi connectivity index (χ1) is 10.1. The monoisotopic (exact) mass is 294 g/mol. The molecule has 1 heterocycles. The summed E-state index contributed by atoms with van der Waals surface area (Å²) in [6, 6.07) is 3.21. The number of rotatable bonds is 6. The van der Waals surface area contributed by atoms with Gasteiger partial charge in [0.2, 0.25) is 11.7 Å². The molecule has 3 N–H and O–H groups in total. The number of hydrogen-bond donors (Lipinski definition) is 2. The zero-order valence-corrected chi connectivity index (χ0v) is 11.8. The van der Waals surface area contributed by atoms with E-state index in [9.17, 15) is 9.59 Å². The Labute approximate surface area is 122 Å². The molecule has 0 fully saturated rings. The highest BCUT2D eigenvalue weighted by molar-refractivity contribution is 5.95. The van der Waals surface area contributed by atoms with Crippen LogP contribution in [0.3, 0.4) is 0 Å². The van der Waals surface area contributed by atoms with Crippen molar-refractivity contribution in [1.82, 2.24) is 5.32 Å². The van der Waals surface area contributed by atoms with Gasteiger partial charge in [0.15, 0.2) is 11.5 Å². The molecule has 0 spiro atoms. The molecule has 1 aliphatic rings. The molecule has 2 rings (SSSR count). The number of nitrogens with two attached hydrogens (primary N) is 1. The zero-order valence-electron chi connectivity index (χ0n) is 11.8. The highest BCUT2D eigenvalue weighted by Crippen LogP contribution is 2.40. The molecule has 0 radical (unpaired) electrons. The Kier molecular flexibility index (Phi) is 4.86. The highest BCUT2D eigenvalue weighted by atomic mass is 16.6. The molecule has 0 aliphatic carbocycles. The summed E-state index contributed by atoms with van der Waals surface area (Å²) in [4.78, 5) is 22.7. The van der Waals surface area contributed by atoms with Gasteiger partial charge in [0.05, 0.1) is 7.11 Å². The summed E-state index contributed by atoms with van der Waals surface area (Å²) in [6.45, 7) is 1.25. The predicted molar refractivity (Wildman–Crippen MR) is 74.7 cm³/mol. The summed E-state index contributed by atoms with van der Waals surface area (Å²) < 4.78 is 16.2. The lowest BCUT2D eigenvalue weighted by molar-refractivity contribution is -0.118. The molecule has 0 bridgehead atoms. The van der Waals surface area contributed by atoms with Crippen LogP contribution in [0, 0.1) is 0 Å². The molecule has 0 atom stereocenters. The Morgan fingerprint density at radius 1 is 1.33 bits per heavy atom. The van der Waals surface area contributed by atoms with Crippen molar-refractivity contribution in [1.29, 1.82) is 0 Å². The van der Waals surface area contributed by atoms with Gasteiger partial charge in [0.25, 0.3) is 5.91 Å². The minimum Gasteiger partial charge on any atom is -0.493 e. The number of nitrogens with one attached hydrogen (secondary N) is 1. The van der Waals surface area contributed by atoms with Crippen LogP contribution in [0.2, 0.25) is 0 Å². The topological polar surface area (TPSA) is 99.9 Å². The van der Waals surface area contributed by atoms with Crippen molar-refractivity contribution >= 4 is 11.8 Å². The molecule has 0 saturated heterocycles. The van der Waals surface area contributed by atoms with Crippen LogP contribution >= 0.6 is 0 Å². The molecule has 1 aromatic rings. The number of carbonyl (C=O) groups is 2. The number of primary amides is 1. The molecule has 114 valence electrons. The Hall–Kier alpha value is -2.44. The Morgan fingerprint density at radius 2 is 2.10 bits per heavy atom. The summed E-state index contributed by atoms with van der Waals surface area (Å²) in [5, 5.41) is 2.71. The van der Waals surface area contributed by atoms with Crippen molar-refractivity contribution in [2.24, 2.45) is 5.73 Å². The van der Waals surface area contributed by atoms with Gasteiger partial charge >= 0.3 is 0 Å². The molecular weight excluding hydrogens is 276 g/mol. The Bertz CT molecular complexity index is 527. The minimum absolute atomic E-state index is 0.241. The standard InChI is InChI=1S/C14H18N2O5/c1-19-10-7-9(8-11-13(10)21-6-5-20-11)14(18)16-4-2-3-12(15)17/h7-8H,2-6H2,1H3,(H2,15,17)(H,16,18). The van der Waals surface area contributed by atoms with E-state index in [2.05, 4.69) is 5.32 Å². The van der Waals surface area contributed by atoms with Gasteiger partial charge in [0.1, 0.15) is 13.2 Å². The number of ether oxygens (including phenoxy) is 3. The average molecular weight is 294 g/mol. The molecule has 1 aromatic carbocycles. The van der Waals surface area contributed by atoms with Crippen LogP contribution in [0.25, 0.3) is 0 Å². The fraction of sp³-hybridized carbons (Fsp3) is 0.429. The first-order valence-corrected chi connectivity index (χ1v) is 6.66. The van der Waals surface area contributed by atoms with E-state index in [0.29, 0.717) is 49.0 Å². The highest BCUT2D eigenvalue weighted by Gasteiger charge is 2.20. The lowest BCUT2D eigenvalue weighted by atomic mass is 10.1. The van der Waals surface area contributed by atoms with Crippen molar-refractivity contribution in [2.75, 3.05) is 26.9 Å². The smallest absolute Gasteiger partial charge is 0.251 e. The van der Waals surface area contributed by atoms with Gasteiger partial charge < -0.3 is 25.3 Å². The molecule has 1 aliphatic heterocycles. The van der Waals surface area contributed by atoms with Crippen molar-refractivity contribution in [2.45, 2.75) is 12.8 Å². The molecule has 21 heavy (non-hydrogen) atoms. The number of carbonyl (C=O) groups excluding carboxylic acids is 2. The third-order valence-corrected chi connectivity index (χ3v) is 2.98. The minimum atomic E-state index is -0.384. The third kappa shape index (κ3) is 3.77. The van der Waals surface area contributed by atoms with Gasteiger partial charge in [-0.3, -0.25) is 9.59 Å². The van der Waals surface area contributed by atoms with Crippen molar-refractivity contribution < 1.29 is 23.8 Å². The van der Waals surface area contributed by atoms with E-state index in [4.69, 9.17) is 19.9 Å². The summed E-state index contributed by atoms with van der Waals surface area (Å²) in [5.74, 6) is 0.798. The fourth-order valence-corrected chi connectivity index (χ4v) is 1.97. The zero-order chi connectivity index (χ0) is 15.2. The van der Waals surface area contributed by atoms with E-state index in [1.54, 1.807) is 12.1 Å². The maximum Gasteiger partial charge on any atom is 0.251 e. The lowest BCUT2D eigenvalue weighted by Crippen LogP contribution is -2.26. The Balaban J connectivity index is 2.05. The van der Waals surface area contributed by atoms with Crippen LogP contribution < -0.4 is 25.3 Å². The van der Waals surface area contributed by atoms with Gasteiger partial charge in [-0.2, -0.15) is 0 Å². The van der Waals surface area contributed by atoms with Crippen molar-refractivity contribution in [3.63, 3.8) is 0 Å². The summed E-state index contributed by atoms with van der Waals surface area (Å²) in [7, 11) is 1.50. The number of benzene rings is 1. The Morgan fingerprint density at radius 3 is 2.81 bits per heavy atom. The second-order valence-corrected chi connectivity index (χ2v) is 4.53. The molecule has 0 saturated carbocycles. The predicted octanol–water partition coefficient (Wildman–Crippen LogP) is 0.462. The van der Waals surface area contributed by atoms with Gasteiger partial charge in [-0.25, -0.2) is 0 Å². The van der Waals surface area contributed by atoms with E-state index in [-0.39, 0.29) is 18.2 Å². The second-order valence-electron chi connectivity index (χ2n) is 4.53. The van der Waals surface area contributed by atoms with Crippen LogP contribution in [-0.4, -0.2) is 38.7 Å². The van der Waals surface area contributed by atoms with E-state index in [0.717, 1.165) is 0 Å². The van der Waals surface area contributed by atoms with Crippen LogP contribution in [0.1, 0.15) is 23.2 Å². The van der Waals surface area contributed by atoms with Crippen LogP contribution in [0.15, 0.2) is 12.1 Å². The molecule has 7 nitrogen and oxygen atoms in total. The second kappa shape index (κ2) is 6.83. The summed E-state index contributed by atoms with van der Waals surface area (Å²) >= 11 is 0. The van der Waals surface area contributed by atoms with Crippen molar-refractivity contribution in [3.05, 3.63) is 17.7 Å². The van der Waals surface area contributed by atoms with Gasteiger partial charge in [-0.1, -0.05) is 0 Å². The number of amides is 2. The van der Waals surface area contributed by atoms with Gasteiger partial charge in [-0.15, -0.1) is 0 Å². The number of hydrogen-bond acceptors (Lipinski definition) is 5.